The number of hydrogen-bond acceptors (Lipinski definition) is 2. The molecule has 0 unspecified atom stereocenters. The van der Waals surface area contributed by atoms with Gasteiger partial charge in [-0.15, -0.1) is 11.3 Å². The normalized spacial score (nSPS) is 23.9. The monoisotopic (exact) mass is 297 g/mol. The zero-order valence-electron chi connectivity index (χ0n) is 12.7. The molecule has 1 N–H and O–H groups in total. The van der Waals surface area contributed by atoms with Gasteiger partial charge >= 0.3 is 0 Å². The first-order valence-corrected chi connectivity index (χ1v) is 9.00. The Morgan fingerprint density at radius 2 is 2.10 bits per heavy atom. The fraction of sp³-hybridized carbons (Fsp3) is 0.474. The summed E-state index contributed by atoms with van der Waals surface area (Å²) in [5.74, 6) is 0.774. The van der Waals surface area contributed by atoms with Crippen LogP contribution >= 0.6 is 11.3 Å². The largest absolute Gasteiger partial charge is 0.309 e. The fourth-order valence-electron chi connectivity index (χ4n) is 3.70. The van der Waals surface area contributed by atoms with Crippen molar-refractivity contribution in [2.24, 2.45) is 0 Å². The van der Waals surface area contributed by atoms with Crippen LogP contribution in [0.4, 0.5) is 0 Å². The van der Waals surface area contributed by atoms with Crippen molar-refractivity contribution in [3.8, 4) is 0 Å². The zero-order chi connectivity index (χ0) is 14.2. The van der Waals surface area contributed by atoms with E-state index in [2.05, 4.69) is 42.6 Å². The number of rotatable bonds is 4. The van der Waals surface area contributed by atoms with Crippen molar-refractivity contribution in [3.63, 3.8) is 0 Å². The summed E-state index contributed by atoms with van der Waals surface area (Å²) < 4.78 is 0. The van der Waals surface area contributed by atoms with Gasteiger partial charge in [-0.05, 0) is 62.1 Å². The lowest BCUT2D eigenvalue weighted by atomic mass is 9.75. The molecule has 0 aliphatic heterocycles. The topological polar surface area (TPSA) is 12.0 Å². The minimum atomic E-state index is 0.715. The van der Waals surface area contributed by atoms with Crippen molar-refractivity contribution < 1.29 is 0 Å². The molecule has 1 fully saturated rings. The lowest BCUT2D eigenvalue weighted by molar-refractivity contribution is 0.290. The molecule has 1 heterocycles. The highest BCUT2D eigenvalue weighted by Gasteiger charge is 2.30. The van der Waals surface area contributed by atoms with E-state index in [1.54, 1.807) is 15.3 Å². The van der Waals surface area contributed by atoms with Crippen LogP contribution in [0.15, 0.2) is 30.3 Å². The third kappa shape index (κ3) is 2.79. The van der Waals surface area contributed by atoms with E-state index < -0.39 is 0 Å². The summed E-state index contributed by atoms with van der Waals surface area (Å²) in [6, 6.07) is 12.2. The maximum absolute atomic E-state index is 3.75. The van der Waals surface area contributed by atoms with Crippen LogP contribution in [0, 0.1) is 6.92 Å². The predicted molar refractivity (Wildman–Crippen MR) is 90.1 cm³/mol. The van der Waals surface area contributed by atoms with Gasteiger partial charge in [0.15, 0.2) is 0 Å². The van der Waals surface area contributed by atoms with Crippen LogP contribution in [-0.4, -0.2) is 6.04 Å². The smallest absolute Gasteiger partial charge is 0.0302 e. The van der Waals surface area contributed by atoms with Gasteiger partial charge in [-0.1, -0.05) is 29.8 Å². The van der Waals surface area contributed by atoms with E-state index >= 15 is 0 Å². The van der Waals surface area contributed by atoms with Crippen LogP contribution < -0.4 is 5.32 Å². The molecular formula is C19H23NS. The molecule has 0 saturated heterocycles. The first-order chi connectivity index (χ1) is 10.3. The maximum atomic E-state index is 3.75. The summed E-state index contributed by atoms with van der Waals surface area (Å²) in [7, 11) is 0. The molecule has 1 nitrogen and oxygen atoms in total. The van der Waals surface area contributed by atoms with E-state index in [0.29, 0.717) is 6.04 Å². The van der Waals surface area contributed by atoms with Gasteiger partial charge in [-0.3, -0.25) is 0 Å². The van der Waals surface area contributed by atoms with Crippen LogP contribution in [0.2, 0.25) is 0 Å². The van der Waals surface area contributed by atoms with Gasteiger partial charge < -0.3 is 5.32 Å². The molecule has 2 heteroatoms. The van der Waals surface area contributed by atoms with Crippen LogP contribution in [0.5, 0.6) is 0 Å². The molecule has 0 amide bonds. The van der Waals surface area contributed by atoms with E-state index in [9.17, 15) is 0 Å². The van der Waals surface area contributed by atoms with Crippen molar-refractivity contribution in [2.75, 3.05) is 0 Å². The second-order valence-electron chi connectivity index (χ2n) is 6.67. The fourth-order valence-corrected chi connectivity index (χ4v) is 4.92. The third-order valence-corrected chi connectivity index (χ3v) is 6.25. The second kappa shape index (κ2) is 5.58. The Hall–Kier alpha value is -1.12. The Balaban J connectivity index is 1.28. The first kappa shape index (κ1) is 13.5. The molecule has 0 radical (unpaired) electrons. The SMILES string of the molecule is Cc1cccc(C2CC(NCc3cc4c(s3)CCC4)C2)c1. The summed E-state index contributed by atoms with van der Waals surface area (Å²) in [5.41, 5.74) is 4.54. The molecule has 0 atom stereocenters. The molecule has 1 saturated carbocycles. The minimum absolute atomic E-state index is 0.715. The van der Waals surface area contributed by atoms with Crippen LogP contribution in [0.3, 0.4) is 0 Å². The Bertz CT molecular complexity index is 615. The summed E-state index contributed by atoms with van der Waals surface area (Å²) in [4.78, 5) is 3.19. The minimum Gasteiger partial charge on any atom is -0.309 e. The Kier molecular flexibility index (Phi) is 3.60. The highest BCUT2D eigenvalue weighted by molar-refractivity contribution is 7.12. The maximum Gasteiger partial charge on any atom is 0.0302 e. The molecule has 0 spiro atoms. The molecule has 2 aromatic rings. The Labute approximate surface area is 131 Å². The number of hydrogen-bond donors (Lipinski definition) is 1. The van der Waals surface area contributed by atoms with E-state index in [0.717, 1.165) is 12.5 Å². The highest BCUT2D eigenvalue weighted by Crippen LogP contribution is 2.37. The molecule has 21 heavy (non-hydrogen) atoms. The Morgan fingerprint density at radius 3 is 2.90 bits per heavy atom. The quantitative estimate of drug-likeness (QED) is 0.871. The second-order valence-corrected chi connectivity index (χ2v) is 7.90. The van der Waals surface area contributed by atoms with Crippen molar-refractivity contribution in [2.45, 2.75) is 57.5 Å². The van der Waals surface area contributed by atoms with Crippen LogP contribution in [0.1, 0.15) is 51.6 Å². The Morgan fingerprint density at radius 1 is 1.19 bits per heavy atom. The highest BCUT2D eigenvalue weighted by atomic mass is 32.1. The van der Waals surface area contributed by atoms with Gasteiger partial charge in [-0.25, -0.2) is 0 Å². The molecule has 1 aromatic carbocycles. The van der Waals surface area contributed by atoms with Gasteiger partial charge in [0.2, 0.25) is 0 Å². The van der Waals surface area contributed by atoms with Gasteiger partial charge in [0.25, 0.3) is 0 Å². The standard InChI is InChI=1S/C19H23NS/c1-13-4-2-5-14(8-13)16-9-17(10-16)20-12-18-11-15-6-3-7-19(15)21-18/h2,4-5,8,11,16-17,20H,3,6-7,9-10,12H2,1H3. The van der Waals surface area contributed by atoms with Crippen LogP contribution in [-0.2, 0) is 19.4 Å². The summed E-state index contributed by atoms with van der Waals surface area (Å²) >= 11 is 2.04. The van der Waals surface area contributed by atoms with E-state index in [1.807, 2.05) is 11.3 Å². The van der Waals surface area contributed by atoms with E-state index in [-0.39, 0.29) is 0 Å². The number of thiophene rings is 1. The lowest BCUT2D eigenvalue weighted by Gasteiger charge is -2.36. The average molecular weight is 297 g/mol. The lowest BCUT2D eigenvalue weighted by Crippen LogP contribution is -2.39. The molecule has 110 valence electrons. The molecular weight excluding hydrogens is 274 g/mol. The molecule has 1 aromatic heterocycles. The van der Waals surface area contributed by atoms with Gasteiger partial charge in [-0.2, -0.15) is 0 Å². The zero-order valence-corrected chi connectivity index (χ0v) is 13.5. The molecule has 2 aliphatic rings. The van der Waals surface area contributed by atoms with Crippen molar-refractivity contribution in [1.82, 2.24) is 5.32 Å². The van der Waals surface area contributed by atoms with Gasteiger partial charge in [0.05, 0.1) is 0 Å². The number of fused-ring (bicyclic) bond motifs is 1. The summed E-state index contributed by atoms with van der Waals surface area (Å²) in [6.07, 6.45) is 6.60. The van der Waals surface area contributed by atoms with Crippen molar-refractivity contribution >= 4 is 11.3 Å². The first-order valence-electron chi connectivity index (χ1n) is 8.18. The molecule has 2 aliphatic carbocycles. The van der Waals surface area contributed by atoms with Crippen molar-refractivity contribution in [1.29, 1.82) is 0 Å². The van der Waals surface area contributed by atoms with Crippen LogP contribution in [0.25, 0.3) is 0 Å². The van der Waals surface area contributed by atoms with Crippen molar-refractivity contribution in [3.05, 3.63) is 56.8 Å². The summed E-state index contributed by atoms with van der Waals surface area (Å²) in [6.45, 7) is 3.26. The molecule has 4 rings (SSSR count). The summed E-state index contributed by atoms with van der Waals surface area (Å²) in [5, 5.41) is 3.75. The van der Waals surface area contributed by atoms with Gasteiger partial charge in [0.1, 0.15) is 0 Å². The van der Waals surface area contributed by atoms with E-state index in [4.69, 9.17) is 0 Å². The third-order valence-electron chi connectivity index (χ3n) is 5.01. The number of benzene rings is 1. The number of nitrogens with one attached hydrogen (secondary N) is 1. The van der Waals surface area contributed by atoms with Gasteiger partial charge in [0, 0.05) is 22.3 Å². The predicted octanol–water partition coefficient (Wildman–Crippen LogP) is 4.58. The number of aryl methyl sites for hydroxylation is 3. The average Bonchev–Trinajstić information content (AvgIpc) is 2.97. The molecule has 0 bridgehead atoms. The van der Waals surface area contributed by atoms with E-state index in [1.165, 1.54) is 43.2 Å².